The standard InChI is InChI=1S/C21H20BrF3N4OS/c1-10(13-8-11-4-5-12(13)7-11)26-20(30)18-17(22)19-27-14(15-3-2-6-31-15)9-16(21(23,24)25)29(19)28-18/h2-3,6,9-13H,4-5,7-8H2,1H3,(H,26,30)/t10-,11-,12-,13+/m1/s1. The van der Waals surface area contributed by atoms with Gasteiger partial charge in [0.2, 0.25) is 0 Å². The van der Waals surface area contributed by atoms with Crippen LogP contribution in [-0.4, -0.2) is 26.5 Å². The fourth-order valence-corrected chi connectivity index (χ4v) is 6.38. The minimum Gasteiger partial charge on any atom is -0.348 e. The van der Waals surface area contributed by atoms with E-state index in [1.165, 1.54) is 30.6 Å². The predicted octanol–water partition coefficient (Wildman–Crippen LogP) is 5.79. The number of rotatable bonds is 4. The zero-order valence-corrected chi connectivity index (χ0v) is 19.0. The van der Waals surface area contributed by atoms with Crippen LogP contribution in [0.1, 0.15) is 48.8 Å². The van der Waals surface area contributed by atoms with E-state index in [-0.39, 0.29) is 27.5 Å². The zero-order valence-electron chi connectivity index (χ0n) is 16.6. The molecule has 0 radical (unpaired) electrons. The van der Waals surface area contributed by atoms with Crippen molar-refractivity contribution in [3.8, 4) is 10.6 Å². The third kappa shape index (κ3) is 3.67. The fourth-order valence-electron chi connectivity index (χ4n) is 5.18. The van der Waals surface area contributed by atoms with Gasteiger partial charge in [0.1, 0.15) is 0 Å². The maximum absolute atomic E-state index is 13.8. The molecule has 3 aromatic heterocycles. The van der Waals surface area contributed by atoms with Crippen LogP contribution in [0.3, 0.4) is 0 Å². The molecule has 3 aromatic rings. The first-order valence-corrected chi connectivity index (χ1v) is 11.9. The molecule has 0 spiro atoms. The van der Waals surface area contributed by atoms with E-state index in [0.717, 1.165) is 18.4 Å². The number of thiophene rings is 1. The molecule has 0 aliphatic heterocycles. The van der Waals surface area contributed by atoms with Gasteiger partial charge >= 0.3 is 6.18 Å². The van der Waals surface area contributed by atoms with Crippen LogP contribution < -0.4 is 5.32 Å². The summed E-state index contributed by atoms with van der Waals surface area (Å²) in [6.45, 7) is 1.97. The SMILES string of the molecule is C[C@@H](NC(=O)c1nn2c(C(F)(F)F)cc(-c3cccs3)nc2c1Br)[C@@H]1C[C@@H]2CC[C@@H]1C2. The molecule has 2 aliphatic rings. The first-order valence-electron chi connectivity index (χ1n) is 10.2. The lowest BCUT2D eigenvalue weighted by Crippen LogP contribution is -2.40. The summed E-state index contributed by atoms with van der Waals surface area (Å²) in [5.74, 6) is 1.29. The Labute approximate surface area is 189 Å². The van der Waals surface area contributed by atoms with Gasteiger partial charge < -0.3 is 5.32 Å². The Morgan fingerprint density at radius 2 is 2.16 bits per heavy atom. The molecular weight excluding hydrogens is 493 g/mol. The maximum atomic E-state index is 13.8. The largest absolute Gasteiger partial charge is 0.433 e. The highest BCUT2D eigenvalue weighted by Crippen LogP contribution is 2.49. The molecule has 2 saturated carbocycles. The molecule has 4 atom stereocenters. The number of hydrogen-bond acceptors (Lipinski definition) is 4. The Morgan fingerprint density at radius 3 is 2.77 bits per heavy atom. The minimum atomic E-state index is -4.65. The molecule has 2 fully saturated rings. The van der Waals surface area contributed by atoms with Crippen molar-refractivity contribution < 1.29 is 18.0 Å². The van der Waals surface area contributed by atoms with E-state index in [2.05, 4.69) is 31.3 Å². The van der Waals surface area contributed by atoms with Crippen LogP contribution in [0.5, 0.6) is 0 Å². The van der Waals surface area contributed by atoms with Gasteiger partial charge in [-0.25, -0.2) is 9.50 Å². The van der Waals surface area contributed by atoms with Gasteiger partial charge in [-0.2, -0.15) is 18.3 Å². The van der Waals surface area contributed by atoms with Crippen molar-refractivity contribution in [2.75, 3.05) is 0 Å². The number of fused-ring (bicyclic) bond motifs is 3. The van der Waals surface area contributed by atoms with Crippen molar-refractivity contribution >= 4 is 38.8 Å². The topological polar surface area (TPSA) is 59.3 Å². The van der Waals surface area contributed by atoms with Crippen LogP contribution in [0, 0.1) is 17.8 Å². The van der Waals surface area contributed by atoms with Crippen LogP contribution >= 0.6 is 27.3 Å². The second kappa shape index (κ2) is 7.58. The number of hydrogen-bond donors (Lipinski definition) is 1. The Hall–Kier alpha value is -1.94. The number of aromatic nitrogens is 3. The number of nitrogens with zero attached hydrogens (tertiary/aromatic N) is 3. The van der Waals surface area contributed by atoms with Gasteiger partial charge in [-0.15, -0.1) is 11.3 Å². The second-order valence-corrected chi connectivity index (χ2v) is 10.2. The van der Waals surface area contributed by atoms with E-state index in [1.807, 2.05) is 6.92 Å². The summed E-state index contributed by atoms with van der Waals surface area (Å²) >= 11 is 4.58. The molecule has 10 heteroatoms. The molecule has 164 valence electrons. The first-order chi connectivity index (χ1) is 14.7. The molecule has 0 saturated heterocycles. The van der Waals surface area contributed by atoms with Crippen molar-refractivity contribution in [1.82, 2.24) is 19.9 Å². The highest BCUT2D eigenvalue weighted by molar-refractivity contribution is 9.10. The average Bonchev–Trinajstić information content (AvgIpc) is 3.51. The number of carbonyl (C=O) groups excluding carboxylic acids is 1. The van der Waals surface area contributed by atoms with E-state index in [9.17, 15) is 18.0 Å². The minimum absolute atomic E-state index is 0.0315. The quantitative estimate of drug-likeness (QED) is 0.480. The van der Waals surface area contributed by atoms with E-state index in [0.29, 0.717) is 21.2 Å². The second-order valence-electron chi connectivity index (χ2n) is 8.50. The highest BCUT2D eigenvalue weighted by atomic mass is 79.9. The first kappa shape index (κ1) is 20.9. The molecular formula is C21H20BrF3N4OS. The van der Waals surface area contributed by atoms with E-state index < -0.39 is 17.8 Å². The number of nitrogens with one attached hydrogen (secondary N) is 1. The average molecular weight is 513 g/mol. The fraction of sp³-hybridized carbons (Fsp3) is 0.476. The van der Waals surface area contributed by atoms with Gasteiger partial charge in [-0.05, 0) is 77.4 Å². The molecule has 5 nitrogen and oxygen atoms in total. The van der Waals surface area contributed by atoms with Crippen LogP contribution in [-0.2, 0) is 6.18 Å². The number of carbonyl (C=O) groups is 1. The Kier molecular flexibility index (Phi) is 5.12. The Bertz CT molecular complexity index is 1140. The monoisotopic (exact) mass is 512 g/mol. The summed E-state index contributed by atoms with van der Waals surface area (Å²) in [6.07, 6.45) is 0.120. The summed E-state index contributed by atoms with van der Waals surface area (Å²) in [4.78, 5) is 17.9. The van der Waals surface area contributed by atoms with Crippen molar-refractivity contribution in [2.24, 2.45) is 17.8 Å². The molecule has 2 bridgehead atoms. The summed E-state index contributed by atoms with van der Waals surface area (Å²) in [6, 6.07) is 4.37. The molecule has 1 amide bonds. The van der Waals surface area contributed by atoms with Crippen molar-refractivity contribution in [3.05, 3.63) is 39.4 Å². The van der Waals surface area contributed by atoms with Gasteiger partial charge in [0.15, 0.2) is 17.0 Å². The maximum Gasteiger partial charge on any atom is 0.433 e. The van der Waals surface area contributed by atoms with E-state index >= 15 is 0 Å². The molecule has 3 heterocycles. The molecule has 2 aliphatic carbocycles. The summed E-state index contributed by atoms with van der Waals surface area (Å²) in [5.41, 5.74) is -0.896. The van der Waals surface area contributed by atoms with Gasteiger partial charge in [-0.3, -0.25) is 4.79 Å². The molecule has 0 unspecified atom stereocenters. The van der Waals surface area contributed by atoms with Crippen molar-refractivity contribution in [3.63, 3.8) is 0 Å². The van der Waals surface area contributed by atoms with E-state index in [4.69, 9.17) is 0 Å². The molecule has 1 N–H and O–H groups in total. The van der Waals surface area contributed by atoms with Crippen molar-refractivity contribution in [2.45, 2.75) is 44.8 Å². The van der Waals surface area contributed by atoms with E-state index in [1.54, 1.807) is 17.5 Å². The number of alkyl halides is 3. The third-order valence-corrected chi connectivity index (χ3v) is 8.23. The van der Waals surface area contributed by atoms with Gasteiger partial charge in [-0.1, -0.05) is 12.5 Å². The smallest absolute Gasteiger partial charge is 0.348 e. The number of halogens is 4. The predicted molar refractivity (Wildman–Crippen MR) is 115 cm³/mol. The lowest BCUT2D eigenvalue weighted by Gasteiger charge is -2.28. The lowest BCUT2D eigenvalue weighted by molar-refractivity contribution is -0.142. The van der Waals surface area contributed by atoms with Crippen molar-refractivity contribution in [1.29, 1.82) is 0 Å². The Balaban J connectivity index is 1.50. The summed E-state index contributed by atoms with van der Waals surface area (Å²) in [7, 11) is 0. The summed E-state index contributed by atoms with van der Waals surface area (Å²) < 4.78 is 42.2. The molecule has 0 aromatic carbocycles. The normalized spacial score (nSPS) is 24.1. The molecule has 5 rings (SSSR count). The van der Waals surface area contributed by atoms with Crippen LogP contribution in [0.4, 0.5) is 13.2 Å². The Morgan fingerprint density at radius 1 is 1.35 bits per heavy atom. The lowest BCUT2D eigenvalue weighted by atomic mass is 9.84. The third-order valence-electron chi connectivity index (χ3n) is 6.61. The van der Waals surface area contributed by atoms with Gasteiger partial charge in [0, 0.05) is 6.04 Å². The van der Waals surface area contributed by atoms with Gasteiger partial charge in [0.05, 0.1) is 15.0 Å². The number of amides is 1. The van der Waals surface area contributed by atoms with Crippen LogP contribution in [0.15, 0.2) is 28.1 Å². The van der Waals surface area contributed by atoms with Gasteiger partial charge in [0.25, 0.3) is 5.91 Å². The summed E-state index contributed by atoms with van der Waals surface area (Å²) in [5, 5.41) is 8.75. The van der Waals surface area contributed by atoms with Crippen LogP contribution in [0.25, 0.3) is 16.2 Å². The highest BCUT2D eigenvalue weighted by Gasteiger charge is 2.42. The zero-order chi connectivity index (χ0) is 21.9. The van der Waals surface area contributed by atoms with Crippen LogP contribution in [0.2, 0.25) is 0 Å². The molecule has 31 heavy (non-hydrogen) atoms.